The Kier molecular flexibility index (Phi) is 4.03. The van der Waals surface area contributed by atoms with Gasteiger partial charge in [-0.15, -0.1) is 0 Å². The van der Waals surface area contributed by atoms with E-state index in [2.05, 4.69) is 5.32 Å². The molecule has 0 saturated heterocycles. The smallest absolute Gasteiger partial charge is 0.419 e. The van der Waals surface area contributed by atoms with Crippen molar-refractivity contribution in [2.45, 2.75) is 25.4 Å². The van der Waals surface area contributed by atoms with E-state index < -0.39 is 29.4 Å². The lowest BCUT2D eigenvalue weighted by Crippen LogP contribution is -2.33. The molecule has 1 N–H and O–H groups in total. The zero-order valence-electron chi connectivity index (χ0n) is 13.0. The van der Waals surface area contributed by atoms with E-state index in [-0.39, 0.29) is 23.3 Å². The van der Waals surface area contributed by atoms with Gasteiger partial charge in [-0.2, -0.15) is 18.4 Å². The predicted molar refractivity (Wildman–Crippen MR) is 78.2 cm³/mol. The minimum atomic E-state index is -4.89. The molecule has 1 aromatic rings. The Bertz CT molecular complexity index is 862. The van der Waals surface area contributed by atoms with Gasteiger partial charge in [0.2, 0.25) is 0 Å². The van der Waals surface area contributed by atoms with E-state index in [1.54, 1.807) is 6.92 Å². The number of cyclic esters (lactones) is 1. The minimum Gasteiger partial charge on any atom is -0.462 e. The number of allylic oxidation sites excluding steroid dienone is 2. The van der Waals surface area contributed by atoms with E-state index >= 15 is 0 Å². The molecule has 0 amide bonds. The highest BCUT2D eigenvalue weighted by Gasteiger charge is 2.40. The maximum atomic E-state index is 13.6. The van der Waals surface area contributed by atoms with E-state index in [9.17, 15) is 27.6 Å². The SMILES string of the molecule is CC1=C(C#N)C(c2ccc(F)c(C(F)(F)F)c2)C2=C(CCOC2=O)N1. The average molecular weight is 352 g/mol. The van der Waals surface area contributed by atoms with Gasteiger partial charge in [0.15, 0.2) is 0 Å². The van der Waals surface area contributed by atoms with Gasteiger partial charge >= 0.3 is 12.1 Å². The van der Waals surface area contributed by atoms with Crippen molar-refractivity contribution in [2.75, 3.05) is 6.61 Å². The van der Waals surface area contributed by atoms with Crippen LogP contribution in [-0.4, -0.2) is 12.6 Å². The van der Waals surface area contributed by atoms with Gasteiger partial charge in [-0.1, -0.05) is 6.07 Å². The molecule has 2 aliphatic heterocycles. The Labute approximate surface area is 140 Å². The number of nitrogens with one attached hydrogen (secondary N) is 1. The average Bonchev–Trinajstić information content (AvgIpc) is 2.53. The first-order valence-corrected chi connectivity index (χ1v) is 7.38. The molecule has 0 bridgehead atoms. The molecule has 0 fully saturated rings. The molecular formula is C17H12F4N2O2. The number of benzene rings is 1. The maximum absolute atomic E-state index is 13.6. The third-order valence-corrected chi connectivity index (χ3v) is 4.20. The number of halogens is 4. The molecular weight excluding hydrogens is 340 g/mol. The first-order valence-electron chi connectivity index (χ1n) is 7.38. The molecule has 0 aliphatic carbocycles. The Hall–Kier alpha value is -2.82. The fourth-order valence-electron chi connectivity index (χ4n) is 3.08. The van der Waals surface area contributed by atoms with Gasteiger partial charge in [0.1, 0.15) is 5.82 Å². The molecule has 0 spiro atoms. The Morgan fingerprint density at radius 3 is 2.72 bits per heavy atom. The highest BCUT2D eigenvalue weighted by atomic mass is 19.4. The molecule has 1 aromatic carbocycles. The van der Waals surface area contributed by atoms with Gasteiger partial charge in [-0.05, 0) is 24.6 Å². The van der Waals surface area contributed by atoms with E-state index in [1.165, 1.54) is 0 Å². The second-order valence-corrected chi connectivity index (χ2v) is 5.72. The molecule has 2 heterocycles. The molecule has 0 aromatic heterocycles. The summed E-state index contributed by atoms with van der Waals surface area (Å²) in [6.07, 6.45) is -4.52. The molecule has 1 unspecified atom stereocenters. The van der Waals surface area contributed by atoms with Crippen molar-refractivity contribution < 1.29 is 27.1 Å². The van der Waals surface area contributed by atoms with Crippen LogP contribution in [0.2, 0.25) is 0 Å². The number of carbonyl (C=O) groups excluding carboxylic acids is 1. The second-order valence-electron chi connectivity index (χ2n) is 5.72. The normalized spacial score (nSPS) is 20.6. The molecule has 25 heavy (non-hydrogen) atoms. The molecule has 8 heteroatoms. The van der Waals surface area contributed by atoms with Crippen molar-refractivity contribution in [1.82, 2.24) is 5.32 Å². The van der Waals surface area contributed by atoms with Crippen LogP contribution in [0.5, 0.6) is 0 Å². The molecule has 3 rings (SSSR count). The van der Waals surface area contributed by atoms with Crippen LogP contribution in [0.25, 0.3) is 0 Å². The van der Waals surface area contributed by atoms with Gasteiger partial charge in [0.25, 0.3) is 0 Å². The first kappa shape index (κ1) is 17.0. The zero-order valence-corrected chi connectivity index (χ0v) is 13.0. The number of esters is 1. The number of hydrogen-bond acceptors (Lipinski definition) is 4. The molecule has 4 nitrogen and oxygen atoms in total. The summed E-state index contributed by atoms with van der Waals surface area (Å²) in [5.41, 5.74) is -0.290. The van der Waals surface area contributed by atoms with Crippen molar-refractivity contribution in [3.05, 3.63) is 57.7 Å². The molecule has 130 valence electrons. The minimum absolute atomic E-state index is 0.0116. The van der Waals surface area contributed by atoms with Crippen LogP contribution in [-0.2, 0) is 15.7 Å². The van der Waals surface area contributed by atoms with Crippen LogP contribution in [0.15, 0.2) is 40.7 Å². The largest absolute Gasteiger partial charge is 0.462 e. The number of dihydropyridines is 1. The highest BCUT2D eigenvalue weighted by molar-refractivity contribution is 5.93. The van der Waals surface area contributed by atoms with Crippen molar-refractivity contribution in [3.63, 3.8) is 0 Å². The van der Waals surface area contributed by atoms with Gasteiger partial charge in [-0.3, -0.25) is 0 Å². The van der Waals surface area contributed by atoms with Crippen LogP contribution in [0, 0.1) is 17.1 Å². The lowest BCUT2D eigenvalue weighted by atomic mass is 9.79. The molecule has 2 aliphatic rings. The van der Waals surface area contributed by atoms with E-state index in [1.807, 2.05) is 6.07 Å². The number of rotatable bonds is 1. The Balaban J connectivity index is 2.21. The summed E-state index contributed by atoms with van der Waals surface area (Å²) < 4.78 is 57.7. The maximum Gasteiger partial charge on any atom is 0.419 e. The highest BCUT2D eigenvalue weighted by Crippen LogP contribution is 2.42. The van der Waals surface area contributed by atoms with Crippen LogP contribution < -0.4 is 5.32 Å². The number of carbonyl (C=O) groups is 1. The fraction of sp³-hybridized carbons (Fsp3) is 0.294. The van der Waals surface area contributed by atoms with E-state index in [0.717, 1.165) is 6.07 Å². The summed E-state index contributed by atoms with van der Waals surface area (Å²) >= 11 is 0. The van der Waals surface area contributed by atoms with Gasteiger partial charge < -0.3 is 10.1 Å². The van der Waals surface area contributed by atoms with Crippen molar-refractivity contribution in [3.8, 4) is 6.07 Å². The quantitative estimate of drug-likeness (QED) is 0.620. The number of hydrogen-bond donors (Lipinski definition) is 1. The second kappa shape index (κ2) is 5.92. The first-order chi connectivity index (χ1) is 11.7. The van der Waals surface area contributed by atoms with Crippen LogP contribution in [0.4, 0.5) is 17.6 Å². The lowest BCUT2D eigenvalue weighted by Gasteiger charge is -2.32. The van der Waals surface area contributed by atoms with Crippen LogP contribution >= 0.6 is 0 Å². The fourth-order valence-corrected chi connectivity index (χ4v) is 3.08. The number of nitrogens with zero attached hydrogens (tertiary/aromatic N) is 1. The van der Waals surface area contributed by atoms with Crippen molar-refractivity contribution in [2.24, 2.45) is 0 Å². The molecule has 0 radical (unpaired) electrons. The van der Waals surface area contributed by atoms with Crippen LogP contribution in [0.3, 0.4) is 0 Å². The lowest BCUT2D eigenvalue weighted by molar-refractivity contribution is -0.140. The summed E-state index contributed by atoms with van der Waals surface area (Å²) in [7, 11) is 0. The third kappa shape index (κ3) is 2.86. The summed E-state index contributed by atoms with van der Waals surface area (Å²) in [6.45, 7) is 1.74. The van der Waals surface area contributed by atoms with Crippen molar-refractivity contribution >= 4 is 5.97 Å². The zero-order chi connectivity index (χ0) is 18.4. The Morgan fingerprint density at radius 2 is 2.08 bits per heavy atom. The third-order valence-electron chi connectivity index (χ3n) is 4.20. The number of nitriles is 1. The molecule has 0 saturated carbocycles. The molecule has 1 atom stereocenters. The van der Waals surface area contributed by atoms with Gasteiger partial charge in [0.05, 0.1) is 35.3 Å². The summed E-state index contributed by atoms with van der Waals surface area (Å²) in [5.74, 6) is -3.14. The van der Waals surface area contributed by atoms with E-state index in [4.69, 9.17) is 4.74 Å². The Morgan fingerprint density at radius 1 is 1.36 bits per heavy atom. The number of alkyl halides is 3. The van der Waals surface area contributed by atoms with Gasteiger partial charge in [0, 0.05) is 17.8 Å². The van der Waals surface area contributed by atoms with Crippen molar-refractivity contribution in [1.29, 1.82) is 5.26 Å². The number of ether oxygens (including phenoxy) is 1. The van der Waals surface area contributed by atoms with Gasteiger partial charge in [-0.25, -0.2) is 9.18 Å². The topological polar surface area (TPSA) is 62.1 Å². The summed E-state index contributed by atoms with van der Waals surface area (Å²) in [4.78, 5) is 12.2. The standard InChI is InChI=1S/C17H12F4N2O2/c1-8-10(7-22)14(15-13(23-8)4-5-25-16(15)24)9-2-3-12(18)11(6-9)17(19,20)21/h2-3,6,14,23H,4-5H2,1H3. The monoisotopic (exact) mass is 352 g/mol. The summed E-state index contributed by atoms with van der Waals surface area (Å²) in [6, 6.07) is 4.41. The van der Waals surface area contributed by atoms with Crippen LogP contribution in [0.1, 0.15) is 30.4 Å². The van der Waals surface area contributed by atoms with E-state index in [0.29, 0.717) is 29.9 Å². The predicted octanol–water partition coefficient (Wildman–Crippen LogP) is 3.53. The summed E-state index contributed by atoms with van der Waals surface area (Å²) in [5, 5.41) is 12.4.